The SMILES string of the molecule is CS(=O)(=O)c1ccc(OC[C@@H](O)CN=[N+]=[N-])cc1. The van der Waals surface area contributed by atoms with Gasteiger partial charge in [0, 0.05) is 11.2 Å². The first kappa shape index (κ1) is 14.3. The molecule has 0 aliphatic carbocycles. The maximum absolute atomic E-state index is 11.2. The number of aliphatic hydroxyl groups is 1. The van der Waals surface area contributed by atoms with Crippen LogP contribution in [0.4, 0.5) is 0 Å². The van der Waals surface area contributed by atoms with Crippen LogP contribution in [-0.2, 0) is 9.84 Å². The third kappa shape index (κ3) is 4.62. The Labute approximate surface area is 105 Å². The normalized spacial score (nSPS) is 12.6. The molecule has 0 aromatic heterocycles. The highest BCUT2D eigenvalue weighted by molar-refractivity contribution is 7.90. The molecule has 7 nitrogen and oxygen atoms in total. The average molecular weight is 271 g/mol. The number of rotatable bonds is 6. The topological polar surface area (TPSA) is 112 Å². The third-order valence-electron chi connectivity index (χ3n) is 2.05. The van der Waals surface area contributed by atoms with Gasteiger partial charge in [0.15, 0.2) is 9.84 Å². The molecule has 0 radical (unpaired) electrons. The van der Waals surface area contributed by atoms with Crippen molar-refractivity contribution in [2.45, 2.75) is 11.0 Å². The highest BCUT2D eigenvalue weighted by atomic mass is 32.2. The lowest BCUT2D eigenvalue weighted by Gasteiger charge is -2.10. The van der Waals surface area contributed by atoms with Crippen LogP contribution in [0, 0.1) is 0 Å². The Morgan fingerprint density at radius 1 is 1.44 bits per heavy atom. The van der Waals surface area contributed by atoms with Crippen LogP contribution in [0.2, 0.25) is 0 Å². The van der Waals surface area contributed by atoms with E-state index in [1.807, 2.05) is 0 Å². The van der Waals surface area contributed by atoms with Crippen molar-refractivity contribution in [3.63, 3.8) is 0 Å². The predicted octanol–water partition coefficient (Wildman–Crippen LogP) is 1.14. The molecule has 1 aromatic rings. The monoisotopic (exact) mass is 271 g/mol. The van der Waals surface area contributed by atoms with Crippen LogP contribution < -0.4 is 4.74 Å². The molecule has 0 aliphatic rings. The van der Waals surface area contributed by atoms with E-state index in [1.165, 1.54) is 24.3 Å². The van der Waals surface area contributed by atoms with Crippen molar-refractivity contribution in [2.24, 2.45) is 5.11 Å². The van der Waals surface area contributed by atoms with Gasteiger partial charge < -0.3 is 9.84 Å². The number of hydrogen-bond acceptors (Lipinski definition) is 5. The summed E-state index contributed by atoms with van der Waals surface area (Å²) >= 11 is 0. The molecule has 0 amide bonds. The maximum Gasteiger partial charge on any atom is 0.175 e. The molecule has 0 saturated heterocycles. The van der Waals surface area contributed by atoms with Crippen molar-refractivity contribution < 1.29 is 18.3 Å². The number of azide groups is 1. The summed E-state index contributed by atoms with van der Waals surface area (Å²) in [6.45, 7) is -0.102. The van der Waals surface area contributed by atoms with E-state index >= 15 is 0 Å². The molecular weight excluding hydrogens is 258 g/mol. The van der Waals surface area contributed by atoms with Gasteiger partial charge in [0.05, 0.1) is 17.5 Å². The van der Waals surface area contributed by atoms with Gasteiger partial charge in [-0.2, -0.15) is 0 Å². The van der Waals surface area contributed by atoms with Gasteiger partial charge >= 0.3 is 0 Å². The first-order valence-corrected chi connectivity index (χ1v) is 6.94. The van der Waals surface area contributed by atoms with Gasteiger partial charge in [0.25, 0.3) is 0 Å². The molecule has 0 heterocycles. The zero-order valence-electron chi connectivity index (χ0n) is 9.72. The predicted molar refractivity (Wildman–Crippen MR) is 65.1 cm³/mol. The van der Waals surface area contributed by atoms with Crippen molar-refractivity contribution in [3.8, 4) is 5.75 Å². The Morgan fingerprint density at radius 3 is 2.56 bits per heavy atom. The molecule has 1 aromatic carbocycles. The Balaban J connectivity index is 2.57. The molecule has 0 spiro atoms. The second-order valence-electron chi connectivity index (χ2n) is 3.62. The van der Waals surface area contributed by atoms with Crippen molar-refractivity contribution in [1.29, 1.82) is 0 Å². The molecule has 0 fully saturated rings. The van der Waals surface area contributed by atoms with Gasteiger partial charge in [-0.3, -0.25) is 0 Å². The summed E-state index contributed by atoms with van der Waals surface area (Å²) in [7, 11) is -3.22. The standard InChI is InChI=1S/C10H13N3O4S/c1-18(15,16)10-4-2-9(3-5-10)17-7-8(14)6-12-13-11/h2-5,8,14H,6-7H2,1H3/t8-/m0/s1. The molecule has 98 valence electrons. The molecule has 0 aliphatic heterocycles. The van der Waals surface area contributed by atoms with E-state index in [4.69, 9.17) is 10.3 Å². The quantitative estimate of drug-likeness (QED) is 0.474. The highest BCUT2D eigenvalue weighted by Crippen LogP contribution is 2.15. The minimum atomic E-state index is -3.22. The third-order valence-corrected chi connectivity index (χ3v) is 3.18. The van der Waals surface area contributed by atoms with E-state index in [9.17, 15) is 13.5 Å². The average Bonchev–Trinajstić information content (AvgIpc) is 2.33. The lowest BCUT2D eigenvalue weighted by atomic mass is 10.3. The van der Waals surface area contributed by atoms with Crippen LogP contribution in [0.1, 0.15) is 0 Å². The fourth-order valence-corrected chi connectivity index (χ4v) is 1.79. The molecule has 8 heteroatoms. The first-order valence-electron chi connectivity index (χ1n) is 5.05. The van der Waals surface area contributed by atoms with Gasteiger partial charge in [0.2, 0.25) is 0 Å². The van der Waals surface area contributed by atoms with Crippen molar-refractivity contribution >= 4 is 9.84 Å². The number of sulfone groups is 1. The summed E-state index contributed by atoms with van der Waals surface area (Å²) in [5.74, 6) is 0.433. The van der Waals surface area contributed by atoms with E-state index in [0.29, 0.717) is 5.75 Å². The minimum absolute atomic E-state index is 0.0305. The number of hydrogen-bond donors (Lipinski definition) is 1. The zero-order valence-corrected chi connectivity index (χ0v) is 10.5. The Kier molecular flexibility index (Phi) is 4.96. The first-order chi connectivity index (χ1) is 8.43. The van der Waals surface area contributed by atoms with Crippen molar-refractivity contribution in [1.82, 2.24) is 0 Å². The second-order valence-corrected chi connectivity index (χ2v) is 5.64. The number of benzene rings is 1. The Morgan fingerprint density at radius 2 is 2.06 bits per heavy atom. The van der Waals surface area contributed by atoms with Gasteiger partial charge in [-0.15, -0.1) is 0 Å². The molecule has 18 heavy (non-hydrogen) atoms. The van der Waals surface area contributed by atoms with Crippen LogP contribution in [0.15, 0.2) is 34.3 Å². The van der Waals surface area contributed by atoms with Gasteiger partial charge in [-0.05, 0) is 29.8 Å². The lowest BCUT2D eigenvalue weighted by Crippen LogP contribution is -2.20. The molecule has 1 N–H and O–H groups in total. The summed E-state index contributed by atoms with van der Waals surface area (Å²) in [6, 6.07) is 5.84. The lowest BCUT2D eigenvalue weighted by molar-refractivity contribution is 0.114. The zero-order chi connectivity index (χ0) is 13.6. The summed E-state index contributed by atoms with van der Waals surface area (Å²) in [5, 5.41) is 12.5. The molecule has 0 unspecified atom stereocenters. The van der Waals surface area contributed by atoms with Crippen LogP contribution >= 0.6 is 0 Å². The van der Waals surface area contributed by atoms with E-state index < -0.39 is 15.9 Å². The summed E-state index contributed by atoms with van der Waals surface area (Å²) in [5.41, 5.74) is 8.06. The fraction of sp³-hybridized carbons (Fsp3) is 0.400. The Bertz CT molecular complexity index is 535. The second kappa shape index (κ2) is 6.25. The van der Waals surface area contributed by atoms with E-state index in [-0.39, 0.29) is 18.0 Å². The number of nitrogens with zero attached hydrogens (tertiary/aromatic N) is 3. The summed E-state index contributed by atoms with van der Waals surface area (Å²) in [6.07, 6.45) is 0.225. The fourth-order valence-electron chi connectivity index (χ4n) is 1.16. The highest BCUT2D eigenvalue weighted by Gasteiger charge is 2.07. The minimum Gasteiger partial charge on any atom is -0.491 e. The molecule has 0 saturated carbocycles. The van der Waals surface area contributed by atoms with Crippen LogP contribution in [0.3, 0.4) is 0 Å². The summed E-state index contributed by atoms with van der Waals surface area (Å²) < 4.78 is 27.6. The summed E-state index contributed by atoms with van der Waals surface area (Å²) in [4.78, 5) is 2.71. The molecular formula is C10H13N3O4S. The van der Waals surface area contributed by atoms with E-state index in [2.05, 4.69) is 10.0 Å². The molecule has 1 atom stereocenters. The van der Waals surface area contributed by atoms with Crippen molar-refractivity contribution in [2.75, 3.05) is 19.4 Å². The van der Waals surface area contributed by atoms with Crippen LogP contribution in [0.25, 0.3) is 10.4 Å². The van der Waals surface area contributed by atoms with Gasteiger partial charge in [0.1, 0.15) is 12.4 Å². The number of ether oxygens (including phenoxy) is 1. The molecule has 1 rings (SSSR count). The Hall–Kier alpha value is -1.76. The van der Waals surface area contributed by atoms with Crippen molar-refractivity contribution in [3.05, 3.63) is 34.7 Å². The smallest absolute Gasteiger partial charge is 0.175 e. The van der Waals surface area contributed by atoms with Gasteiger partial charge in [-0.25, -0.2) is 8.42 Å². The van der Waals surface area contributed by atoms with E-state index in [0.717, 1.165) is 6.26 Å². The van der Waals surface area contributed by atoms with Gasteiger partial charge in [-0.1, -0.05) is 5.11 Å². The number of aliphatic hydroxyl groups excluding tert-OH is 1. The molecule has 0 bridgehead atoms. The van der Waals surface area contributed by atoms with Crippen LogP contribution in [-0.4, -0.2) is 39.0 Å². The van der Waals surface area contributed by atoms with E-state index in [1.54, 1.807) is 0 Å². The largest absolute Gasteiger partial charge is 0.491 e. The van der Waals surface area contributed by atoms with Crippen LogP contribution in [0.5, 0.6) is 5.75 Å². The maximum atomic E-state index is 11.2.